The van der Waals surface area contributed by atoms with Gasteiger partial charge >= 0.3 is 0 Å². The van der Waals surface area contributed by atoms with Crippen LogP contribution in [0.3, 0.4) is 0 Å². The number of aliphatic hydroxyl groups is 1. The van der Waals surface area contributed by atoms with Crippen LogP contribution in [0.1, 0.15) is 32.2 Å². The monoisotopic (exact) mass is 225 g/mol. The molecule has 0 amide bonds. The summed E-state index contributed by atoms with van der Waals surface area (Å²) < 4.78 is 1.81. The maximum Gasteiger partial charge on any atom is 0.0872 e. The molecule has 1 heterocycles. The molecule has 0 radical (unpaired) electrons. The second-order valence-electron chi connectivity index (χ2n) is 5.56. The molecule has 0 spiro atoms. The number of rotatable bonds is 3. The minimum atomic E-state index is -0.896. The number of aromatic nitrogens is 2. The van der Waals surface area contributed by atoms with Crippen LogP contribution >= 0.6 is 0 Å². The topological polar surface area (TPSA) is 64.1 Å². The van der Waals surface area contributed by atoms with Gasteiger partial charge in [0.1, 0.15) is 0 Å². The fraction of sp³-hybridized carbons (Fsp3) is 0.750. The SMILES string of the molecule is Cc1cc(CC(O)(CN)C(C)(C)C)n(C)n1. The Morgan fingerprint density at radius 3 is 2.31 bits per heavy atom. The molecule has 0 aliphatic rings. The first kappa shape index (κ1) is 13.2. The molecule has 4 nitrogen and oxygen atoms in total. The third-order valence-electron chi connectivity index (χ3n) is 3.31. The van der Waals surface area contributed by atoms with Gasteiger partial charge in [0.2, 0.25) is 0 Å². The Morgan fingerprint density at radius 2 is 2.00 bits per heavy atom. The van der Waals surface area contributed by atoms with Crippen LogP contribution in [0.25, 0.3) is 0 Å². The summed E-state index contributed by atoms with van der Waals surface area (Å²) in [6.07, 6.45) is 0.532. The normalized spacial score (nSPS) is 16.2. The molecule has 0 saturated heterocycles. The van der Waals surface area contributed by atoms with Gasteiger partial charge < -0.3 is 10.8 Å². The van der Waals surface area contributed by atoms with Crippen molar-refractivity contribution in [3.05, 3.63) is 17.5 Å². The Hall–Kier alpha value is -0.870. The van der Waals surface area contributed by atoms with Crippen LogP contribution in [0.4, 0.5) is 0 Å². The summed E-state index contributed by atoms with van der Waals surface area (Å²) in [7, 11) is 1.89. The average Bonchev–Trinajstić information content (AvgIpc) is 2.43. The largest absolute Gasteiger partial charge is 0.388 e. The van der Waals surface area contributed by atoms with Crippen molar-refractivity contribution in [3.8, 4) is 0 Å². The van der Waals surface area contributed by atoms with Crippen LogP contribution in [0, 0.1) is 12.3 Å². The summed E-state index contributed by atoms with van der Waals surface area (Å²) in [5.41, 5.74) is 6.55. The van der Waals surface area contributed by atoms with Crippen molar-refractivity contribution in [2.75, 3.05) is 6.54 Å². The van der Waals surface area contributed by atoms with E-state index in [9.17, 15) is 5.11 Å². The zero-order valence-corrected chi connectivity index (χ0v) is 10.9. The quantitative estimate of drug-likeness (QED) is 0.807. The van der Waals surface area contributed by atoms with Crippen LogP contribution in [-0.2, 0) is 13.5 Å². The van der Waals surface area contributed by atoms with Gasteiger partial charge in [-0.15, -0.1) is 0 Å². The lowest BCUT2D eigenvalue weighted by molar-refractivity contribution is -0.0503. The van der Waals surface area contributed by atoms with Crippen molar-refractivity contribution in [2.24, 2.45) is 18.2 Å². The zero-order valence-electron chi connectivity index (χ0n) is 10.9. The van der Waals surface area contributed by atoms with E-state index in [-0.39, 0.29) is 12.0 Å². The number of nitrogens with zero attached hydrogens (tertiary/aromatic N) is 2. The summed E-state index contributed by atoms with van der Waals surface area (Å²) in [5, 5.41) is 14.9. The molecule has 4 heteroatoms. The van der Waals surface area contributed by atoms with Gasteiger partial charge in [-0.05, 0) is 18.4 Å². The van der Waals surface area contributed by atoms with Gasteiger partial charge in [-0.2, -0.15) is 5.10 Å². The second-order valence-corrected chi connectivity index (χ2v) is 5.56. The Labute approximate surface area is 97.5 Å². The average molecular weight is 225 g/mol. The third kappa shape index (κ3) is 2.44. The second kappa shape index (κ2) is 4.18. The summed E-state index contributed by atoms with van der Waals surface area (Å²) in [6, 6.07) is 1.99. The van der Waals surface area contributed by atoms with Crippen molar-refractivity contribution in [3.63, 3.8) is 0 Å². The van der Waals surface area contributed by atoms with E-state index in [0.717, 1.165) is 11.4 Å². The van der Waals surface area contributed by atoms with E-state index in [2.05, 4.69) is 5.10 Å². The predicted molar refractivity (Wildman–Crippen MR) is 65.1 cm³/mol. The highest BCUT2D eigenvalue weighted by molar-refractivity contribution is 5.13. The highest BCUT2D eigenvalue weighted by Gasteiger charge is 2.39. The molecule has 16 heavy (non-hydrogen) atoms. The maximum absolute atomic E-state index is 10.6. The van der Waals surface area contributed by atoms with Crippen molar-refractivity contribution in [1.82, 2.24) is 9.78 Å². The number of aryl methyl sites for hydroxylation is 2. The summed E-state index contributed by atoms with van der Waals surface area (Å²) in [4.78, 5) is 0. The number of nitrogens with two attached hydrogens (primary N) is 1. The predicted octanol–water partition coefficient (Wildman–Crippen LogP) is 1.01. The van der Waals surface area contributed by atoms with Crippen molar-refractivity contribution in [1.29, 1.82) is 0 Å². The molecule has 3 N–H and O–H groups in total. The van der Waals surface area contributed by atoms with E-state index >= 15 is 0 Å². The Kier molecular flexibility index (Phi) is 3.45. The Balaban J connectivity index is 2.98. The van der Waals surface area contributed by atoms with E-state index in [4.69, 9.17) is 5.73 Å². The van der Waals surface area contributed by atoms with Crippen molar-refractivity contribution in [2.45, 2.75) is 39.7 Å². The summed E-state index contributed by atoms with van der Waals surface area (Å²) in [6.45, 7) is 8.21. The van der Waals surface area contributed by atoms with Crippen LogP contribution < -0.4 is 5.73 Å². The number of hydrogen-bond donors (Lipinski definition) is 2. The molecular weight excluding hydrogens is 202 g/mol. The van der Waals surface area contributed by atoms with Gasteiger partial charge in [-0.25, -0.2) is 0 Å². The minimum absolute atomic E-state index is 0.250. The standard InChI is InChI=1S/C12H23N3O/c1-9-6-10(15(5)14-9)7-12(16,8-13)11(2,3)4/h6,16H,7-8,13H2,1-5H3. The van der Waals surface area contributed by atoms with Crippen LogP contribution in [0.15, 0.2) is 6.07 Å². The van der Waals surface area contributed by atoms with Crippen molar-refractivity contribution >= 4 is 0 Å². The van der Waals surface area contributed by atoms with Gasteiger partial charge in [-0.3, -0.25) is 4.68 Å². The molecule has 1 unspecified atom stereocenters. The molecule has 1 aromatic heterocycles. The summed E-state index contributed by atoms with van der Waals surface area (Å²) in [5.74, 6) is 0. The fourth-order valence-electron chi connectivity index (χ4n) is 1.77. The van der Waals surface area contributed by atoms with Gasteiger partial charge in [0, 0.05) is 25.7 Å². The van der Waals surface area contributed by atoms with Crippen molar-refractivity contribution < 1.29 is 5.11 Å². The maximum atomic E-state index is 10.6. The molecule has 0 aliphatic carbocycles. The molecule has 1 rings (SSSR count). The summed E-state index contributed by atoms with van der Waals surface area (Å²) >= 11 is 0. The zero-order chi connectivity index (χ0) is 12.6. The van der Waals surface area contributed by atoms with Gasteiger partial charge in [0.15, 0.2) is 0 Å². The molecule has 92 valence electrons. The highest BCUT2D eigenvalue weighted by atomic mass is 16.3. The molecular formula is C12H23N3O. The lowest BCUT2D eigenvalue weighted by atomic mass is 9.74. The number of hydrogen-bond acceptors (Lipinski definition) is 3. The lowest BCUT2D eigenvalue weighted by Crippen LogP contribution is -2.51. The fourth-order valence-corrected chi connectivity index (χ4v) is 1.77. The smallest absolute Gasteiger partial charge is 0.0872 e. The van der Waals surface area contributed by atoms with Gasteiger partial charge in [0.25, 0.3) is 0 Å². The lowest BCUT2D eigenvalue weighted by Gasteiger charge is -2.39. The molecule has 0 bridgehead atoms. The van der Waals surface area contributed by atoms with E-state index in [1.54, 1.807) is 0 Å². The first-order valence-electron chi connectivity index (χ1n) is 5.61. The van der Waals surface area contributed by atoms with Crippen LogP contribution in [0.5, 0.6) is 0 Å². The van der Waals surface area contributed by atoms with E-state index < -0.39 is 5.60 Å². The van der Waals surface area contributed by atoms with E-state index in [0.29, 0.717) is 6.42 Å². The van der Waals surface area contributed by atoms with Gasteiger partial charge in [0.05, 0.1) is 11.3 Å². The third-order valence-corrected chi connectivity index (χ3v) is 3.31. The molecule has 0 aromatic carbocycles. The Bertz CT molecular complexity index is 365. The molecule has 1 atom stereocenters. The minimum Gasteiger partial charge on any atom is -0.388 e. The molecule has 1 aromatic rings. The van der Waals surface area contributed by atoms with E-state index in [1.807, 2.05) is 45.5 Å². The van der Waals surface area contributed by atoms with E-state index in [1.165, 1.54) is 0 Å². The van der Waals surface area contributed by atoms with Crippen LogP contribution in [-0.4, -0.2) is 27.0 Å². The first-order valence-corrected chi connectivity index (χ1v) is 5.61. The Morgan fingerprint density at radius 1 is 1.44 bits per heavy atom. The molecule has 0 saturated carbocycles. The first-order chi connectivity index (χ1) is 7.19. The highest BCUT2D eigenvalue weighted by Crippen LogP contribution is 2.32. The van der Waals surface area contributed by atoms with Gasteiger partial charge in [-0.1, -0.05) is 20.8 Å². The molecule has 0 aliphatic heterocycles. The molecule has 0 fully saturated rings. The van der Waals surface area contributed by atoms with Crippen LogP contribution in [0.2, 0.25) is 0 Å².